The summed E-state index contributed by atoms with van der Waals surface area (Å²) in [6.45, 7) is 3.71. The van der Waals surface area contributed by atoms with Crippen LogP contribution in [-0.4, -0.2) is 48.7 Å². The van der Waals surface area contributed by atoms with Crippen LogP contribution in [0, 0.1) is 0 Å². The van der Waals surface area contributed by atoms with Gasteiger partial charge in [-0.3, -0.25) is 4.90 Å². The van der Waals surface area contributed by atoms with Gasteiger partial charge in [-0.2, -0.15) is 0 Å². The summed E-state index contributed by atoms with van der Waals surface area (Å²) in [6, 6.07) is 24.3. The van der Waals surface area contributed by atoms with Gasteiger partial charge in [0.2, 0.25) is 0 Å². The molecule has 0 spiro atoms. The third kappa shape index (κ3) is 4.42. The zero-order chi connectivity index (χ0) is 25.3. The maximum Gasteiger partial charge on any atom is 0.423 e. The molecular weight excluding hydrogens is 452 g/mol. The monoisotopic (exact) mass is 484 g/mol. The number of likely N-dealkylation sites (N-methyl/N-ethyl adjacent to an activating group) is 2. The highest BCUT2D eigenvalue weighted by atomic mass is 16.6. The van der Waals surface area contributed by atoms with Gasteiger partial charge in [-0.05, 0) is 48.4 Å². The minimum atomic E-state index is -0.707. The molecular formula is C29H32N4O3. The van der Waals surface area contributed by atoms with Crippen molar-refractivity contribution in [2.24, 2.45) is 0 Å². The highest BCUT2D eigenvalue weighted by Gasteiger charge is 2.52. The maximum atomic E-state index is 13.3. The molecule has 2 atom stereocenters. The molecule has 7 nitrogen and oxygen atoms in total. The lowest BCUT2D eigenvalue weighted by Gasteiger charge is -2.32. The van der Waals surface area contributed by atoms with Crippen LogP contribution in [0.5, 0.6) is 5.75 Å². The summed E-state index contributed by atoms with van der Waals surface area (Å²) < 4.78 is 5.80. The van der Waals surface area contributed by atoms with E-state index in [-0.39, 0.29) is 18.1 Å². The maximum absolute atomic E-state index is 13.3. The number of carbonyl (C=O) groups excluding carboxylic acids is 2. The van der Waals surface area contributed by atoms with Gasteiger partial charge in [0.05, 0.1) is 12.7 Å². The summed E-state index contributed by atoms with van der Waals surface area (Å²) in [5.74, 6) is 0.442. The molecule has 2 heterocycles. The molecule has 0 radical (unpaired) electrons. The molecule has 0 aromatic heterocycles. The molecule has 0 bridgehead atoms. The smallest absolute Gasteiger partial charge is 0.410 e. The normalized spacial score (nSPS) is 20.5. The SMILES string of the molecule is CN1CCC2(C)c3cc(OC(=O)N(Cc4ccccc4)C(=O)NCc4ccccc4)ccc3N(C)C12. The Balaban J connectivity index is 1.36. The second-order valence-electron chi connectivity index (χ2n) is 9.90. The molecule has 1 fully saturated rings. The number of likely N-dealkylation sites (tertiary alicyclic amines) is 1. The van der Waals surface area contributed by atoms with Crippen molar-refractivity contribution in [3.05, 3.63) is 95.6 Å². The summed E-state index contributed by atoms with van der Waals surface area (Å²) in [7, 11) is 4.26. The summed E-state index contributed by atoms with van der Waals surface area (Å²) in [4.78, 5) is 32.2. The van der Waals surface area contributed by atoms with Gasteiger partial charge in [-0.1, -0.05) is 67.6 Å². The van der Waals surface area contributed by atoms with E-state index < -0.39 is 12.1 Å². The van der Waals surface area contributed by atoms with Gasteiger partial charge < -0.3 is 15.0 Å². The molecule has 2 unspecified atom stereocenters. The number of hydrogen-bond donors (Lipinski definition) is 1. The number of anilines is 1. The molecule has 1 saturated heterocycles. The largest absolute Gasteiger partial charge is 0.423 e. The number of ether oxygens (including phenoxy) is 1. The van der Waals surface area contributed by atoms with E-state index in [2.05, 4.69) is 36.1 Å². The Hall–Kier alpha value is -3.84. The molecule has 186 valence electrons. The third-order valence-electron chi connectivity index (χ3n) is 7.44. The first-order chi connectivity index (χ1) is 17.4. The minimum absolute atomic E-state index is 0.0436. The number of fused-ring (bicyclic) bond motifs is 3. The Kier molecular flexibility index (Phi) is 6.41. The van der Waals surface area contributed by atoms with Crippen LogP contribution in [0.1, 0.15) is 30.0 Å². The molecule has 1 N–H and O–H groups in total. The molecule has 36 heavy (non-hydrogen) atoms. The zero-order valence-corrected chi connectivity index (χ0v) is 21.0. The minimum Gasteiger partial charge on any atom is -0.410 e. The van der Waals surface area contributed by atoms with Crippen molar-refractivity contribution in [2.75, 3.05) is 25.5 Å². The van der Waals surface area contributed by atoms with E-state index in [1.54, 1.807) is 6.07 Å². The zero-order valence-electron chi connectivity index (χ0n) is 21.0. The number of benzene rings is 3. The Morgan fingerprint density at radius 1 is 1.00 bits per heavy atom. The Bertz CT molecular complexity index is 1250. The van der Waals surface area contributed by atoms with E-state index in [0.29, 0.717) is 12.3 Å². The van der Waals surface area contributed by atoms with Crippen LogP contribution in [0.4, 0.5) is 15.3 Å². The number of imide groups is 1. The number of nitrogens with one attached hydrogen (secondary N) is 1. The fraction of sp³-hybridized carbons (Fsp3) is 0.310. The standard InChI is InChI=1S/C29H32N4O3/c1-29-16-17-31(2)26(29)32(3)25-15-14-23(18-24(25)29)36-28(35)33(20-22-12-8-5-9-13-22)27(34)30-19-21-10-6-4-7-11-21/h4-15,18,26H,16-17,19-20H2,1-3H3,(H,30,34). The van der Waals surface area contributed by atoms with Gasteiger partial charge in [-0.15, -0.1) is 0 Å². The molecule has 5 rings (SSSR count). The second-order valence-corrected chi connectivity index (χ2v) is 9.90. The van der Waals surface area contributed by atoms with Gasteiger partial charge in [-0.25, -0.2) is 14.5 Å². The lowest BCUT2D eigenvalue weighted by molar-refractivity contribution is 0.151. The summed E-state index contributed by atoms with van der Waals surface area (Å²) in [5, 5.41) is 2.85. The molecule has 0 aliphatic carbocycles. The van der Waals surface area contributed by atoms with Gasteiger partial charge >= 0.3 is 12.1 Å². The van der Waals surface area contributed by atoms with Crippen molar-refractivity contribution in [2.45, 2.75) is 38.0 Å². The Morgan fingerprint density at radius 2 is 1.67 bits per heavy atom. The average Bonchev–Trinajstić information content (AvgIpc) is 3.32. The molecule has 2 aliphatic heterocycles. The average molecular weight is 485 g/mol. The summed E-state index contributed by atoms with van der Waals surface area (Å²) >= 11 is 0. The Morgan fingerprint density at radius 3 is 2.36 bits per heavy atom. The first kappa shape index (κ1) is 23.9. The van der Waals surface area contributed by atoms with Crippen molar-refractivity contribution in [1.82, 2.24) is 15.1 Å². The molecule has 3 aromatic rings. The van der Waals surface area contributed by atoms with Crippen LogP contribution >= 0.6 is 0 Å². The number of amides is 3. The third-order valence-corrected chi connectivity index (χ3v) is 7.44. The van der Waals surface area contributed by atoms with E-state index in [9.17, 15) is 9.59 Å². The van der Waals surface area contributed by atoms with Crippen LogP contribution in [-0.2, 0) is 18.5 Å². The van der Waals surface area contributed by atoms with E-state index >= 15 is 0 Å². The summed E-state index contributed by atoms with van der Waals surface area (Å²) in [5.41, 5.74) is 4.07. The van der Waals surface area contributed by atoms with E-state index in [1.165, 1.54) is 5.56 Å². The fourth-order valence-corrected chi connectivity index (χ4v) is 5.63. The van der Waals surface area contributed by atoms with Crippen molar-refractivity contribution in [3.8, 4) is 5.75 Å². The second kappa shape index (κ2) is 9.66. The molecule has 2 aliphatic rings. The van der Waals surface area contributed by atoms with Crippen molar-refractivity contribution in [1.29, 1.82) is 0 Å². The van der Waals surface area contributed by atoms with Crippen molar-refractivity contribution < 1.29 is 14.3 Å². The van der Waals surface area contributed by atoms with Crippen LogP contribution in [0.2, 0.25) is 0 Å². The highest BCUT2D eigenvalue weighted by molar-refractivity contribution is 5.91. The molecule has 3 aromatic carbocycles. The Labute approximate surface area is 212 Å². The predicted octanol–water partition coefficient (Wildman–Crippen LogP) is 4.97. The van der Waals surface area contributed by atoms with E-state index in [4.69, 9.17) is 4.74 Å². The quantitative estimate of drug-likeness (QED) is 0.554. The molecule has 3 amide bonds. The first-order valence-corrected chi connectivity index (χ1v) is 12.3. The first-order valence-electron chi connectivity index (χ1n) is 12.3. The van der Waals surface area contributed by atoms with Crippen molar-refractivity contribution in [3.63, 3.8) is 0 Å². The van der Waals surface area contributed by atoms with Gasteiger partial charge in [0.1, 0.15) is 5.75 Å². The van der Waals surface area contributed by atoms with Gasteiger partial charge in [0, 0.05) is 31.2 Å². The van der Waals surface area contributed by atoms with Crippen LogP contribution in [0.15, 0.2) is 78.9 Å². The topological polar surface area (TPSA) is 65.1 Å². The van der Waals surface area contributed by atoms with Crippen LogP contribution < -0.4 is 15.0 Å². The van der Waals surface area contributed by atoms with Crippen molar-refractivity contribution >= 4 is 17.8 Å². The summed E-state index contributed by atoms with van der Waals surface area (Å²) in [6.07, 6.45) is 0.600. The molecule has 7 heteroatoms. The number of nitrogens with zero attached hydrogens (tertiary/aromatic N) is 3. The lowest BCUT2D eigenvalue weighted by atomic mass is 9.81. The van der Waals surface area contributed by atoms with Crippen LogP contribution in [0.3, 0.4) is 0 Å². The highest BCUT2D eigenvalue weighted by Crippen LogP contribution is 2.51. The number of rotatable bonds is 5. The number of carbonyl (C=O) groups is 2. The molecule has 0 saturated carbocycles. The van der Waals surface area contributed by atoms with Gasteiger partial charge in [0.15, 0.2) is 0 Å². The van der Waals surface area contributed by atoms with E-state index in [1.807, 2.05) is 72.8 Å². The van der Waals surface area contributed by atoms with E-state index in [0.717, 1.165) is 34.7 Å². The number of urea groups is 1. The van der Waals surface area contributed by atoms with Gasteiger partial charge in [0.25, 0.3) is 0 Å². The van der Waals surface area contributed by atoms with Crippen LogP contribution in [0.25, 0.3) is 0 Å². The fourth-order valence-electron chi connectivity index (χ4n) is 5.63. The lowest BCUT2D eigenvalue weighted by Crippen LogP contribution is -2.45. The predicted molar refractivity (Wildman–Crippen MR) is 140 cm³/mol. The number of hydrogen-bond acceptors (Lipinski definition) is 5.